The lowest BCUT2D eigenvalue weighted by Gasteiger charge is -2.05. The maximum Gasteiger partial charge on any atom is 0.341 e. The van der Waals surface area contributed by atoms with Crippen molar-refractivity contribution in [2.45, 2.75) is 4.90 Å². The Bertz CT molecular complexity index is 303. The van der Waals surface area contributed by atoms with Gasteiger partial charge in [0.15, 0.2) is 6.61 Å². The number of para-hydroxylation sites is 1. The predicted octanol–water partition coefficient (Wildman–Crippen LogP) is 2.40. The SMILES string of the molecule is O=C(O)COc1ccccc1SCl. The van der Waals surface area contributed by atoms with Gasteiger partial charge in [-0.05, 0) is 33.8 Å². The molecular weight excluding hydrogens is 212 g/mol. The summed E-state index contributed by atoms with van der Waals surface area (Å²) in [4.78, 5) is 10.9. The number of rotatable bonds is 4. The maximum absolute atomic E-state index is 10.2. The highest BCUT2D eigenvalue weighted by molar-refractivity contribution is 8.21. The third-order valence-corrected chi connectivity index (χ3v) is 2.29. The van der Waals surface area contributed by atoms with Crippen LogP contribution in [0.3, 0.4) is 0 Å². The molecule has 1 aromatic carbocycles. The van der Waals surface area contributed by atoms with Crippen molar-refractivity contribution < 1.29 is 14.6 Å². The first kappa shape index (κ1) is 10.2. The summed E-state index contributed by atoms with van der Waals surface area (Å²) in [6.45, 7) is -0.353. The normalized spacial score (nSPS) is 9.62. The quantitative estimate of drug-likeness (QED) is 0.843. The Labute approximate surface area is 84.2 Å². The van der Waals surface area contributed by atoms with E-state index in [9.17, 15) is 4.79 Å². The fraction of sp³-hybridized carbons (Fsp3) is 0.125. The number of hydrogen-bond acceptors (Lipinski definition) is 3. The van der Waals surface area contributed by atoms with Gasteiger partial charge in [0.05, 0.1) is 4.90 Å². The van der Waals surface area contributed by atoms with E-state index in [2.05, 4.69) is 0 Å². The molecule has 0 aliphatic heterocycles. The Morgan fingerprint density at radius 3 is 2.85 bits per heavy atom. The largest absolute Gasteiger partial charge is 0.481 e. The van der Waals surface area contributed by atoms with Crippen molar-refractivity contribution in [2.24, 2.45) is 0 Å². The summed E-state index contributed by atoms with van der Waals surface area (Å²) in [5, 5.41) is 8.37. The lowest BCUT2D eigenvalue weighted by Crippen LogP contribution is -2.09. The average Bonchev–Trinajstić information content (AvgIpc) is 2.15. The monoisotopic (exact) mass is 218 g/mol. The molecule has 13 heavy (non-hydrogen) atoms. The maximum atomic E-state index is 10.2. The first-order chi connectivity index (χ1) is 6.24. The molecule has 0 unspecified atom stereocenters. The van der Waals surface area contributed by atoms with Gasteiger partial charge in [-0.15, -0.1) is 0 Å². The number of benzene rings is 1. The van der Waals surface area contributed by atoms with Crippen LogP contribution in [-0.4, -0.2) is 17.7 Å². The second-order valence-corrected chi connectivity index (χ2v) is 3.26. The van der Waals surface area contributed by atoms with Gasteiger partial charge in [-0.2, -0.15) is 0 Å². The first-order valence-electron chi connectivity index (χ1n) is 3.46. The van der Waals surface area contributed by atoms with Crippen molar-refractivity contribution in [3.63, 3.8) is 0 Å². The lowest BCUT2D eigenvalue weighted by molar-refractivity contribution is -0.139. The molecule has 0 atom stereocenters. The van der Waals surface area contributed by atoms with E-state index in [1.54, 1.807) is 24.3 Å². The molecule has 0 heterocycles. The van der Waals surface area contributed by atoms with Crippen LogP contribution in [0, 0.1) is 0 Å². The number of hydrogen-bond donors (Lipinski definition) is 1. The second kappa shape index (κ2) is 4.99. The number of aliphatic carboxylic acids is 1. The van der Waals surface area contributed by atoms with E-state index in [4.69, 9.17) is 20.5 Å². The number of ether oxygens (including phenoxy) is 1. The van der Waals surface area contributed by atoms with Gasteiger partial charge in [-0.3, -0.25) is 0 Å². The average molecular weight is 219 g/mol. The van der Waals surface area contributed by atoms with Crippen LogP contribution in [0.15, 0.2) is 29.2 Å². The fourth-order valence-corrected chi connectivity index (χ4v) is 1.49. The molecule has 0 aromatic heterocycles. The number of carbonyl (C=O) groups is 1. The number of halogens is 1. The smallest absolute Gasteiger partial charge is 0.341 e. The number of carboxylic acid groups (broad SMARTS) is 1. The van der Waals surface area contributed by atoms with Crippen LogP contribution in [0.2, 0.25) is 0 Å². The van der Waals surface area contributed by atoms with Crippen molar-refractivity contribution >= 4 is 27.6 Å². The van der Waals surface area contributed by atoms with Crippen LogP contribution in [0.4, 0.5) is 0 Å². The van der Waals surface area contributed by atoms with Crippen molar-refractivity contribution in [1.29, 1.82) is 0 Å². The van der Waals surface area contributed by atoms with Gasteiger partial charge in [0.25, 0.3) is 0 Å². The molecule has 0 bridgehead atoms. The van der Waals surface area contributed by atoms with E-state index in [-0.39, 0.29) is 6.61 Å². The molecule has 0 saturated carbocycles. The number of carboxylic acids is 1. The van der Waals surface area contributed by atoms with Gasteiger partial charge in [0, 0.05) is 0 Å². The van der Waals surface area contributed by atoms with Crippen molar-refractivity contribution in [1.82, 2.24) is 0 Å². The van der Waals surface area contributed by atoms with Gasteiger partial charge in [0.2, 0.25) is 0 Å². The third kappa shape index (κ3) is 3.16. The molecular formula is C8H7ClO3S. The Morgan fingerprint density at radius 2 is 2.23 bits per heavy atom. The Hall–Kier alpha value is -0.870. The Morgan fingerprint density at radius 1 is 1.54 bits per heavy atom. The fourth-order valence-electron chi connectivity index (χ4n) is 0.773. The molecule has 1 rings (SSSR count). The van der Waals surface area contributed by atoms with E-state index < -0.39 is 5.97 Å². The highest BCUT2D eigenvalue weighted by Crippen LogP contribution is 2.31. The minimum Gasteiger partial charge on any atom is -0.481 e. The second-order valence-electron chi connectivity index (χ2n) is 2.21. The van der Waals surface area contributed by atoms with Gasteiger partial charge < -0.3 is 9.84 Å². The van der Waals surface area contributed by atoms with Crippen molar-refractivity contribution in [2.75, 3.05) is 6.61 Å². The van der Waals surface area contributed by atoms with Crippen molar-refractivity contribution in [3.05, 3.63) is 24.3 Å². The standard InChI is InChI=1S/C8H7ClO3S/c9-13-7-4-2-1-3-6(7)12-5-8(10)11/h1-4H,5H2,(H,10,11). The zero-order valence-corrected chi connectivity index (χ0v) is 8.14. The van der Waals surface area contributed by atoms with Crippen LogP contribution in [-0.2, 0) is 4.79 Å². The summed E-state index contributed by atoms with van der Waals surface area (Å²) < 4.78 is 4.98. The molecule has 0 saturated heterocycles. The molecule has 3 nitrogen and oxygen atoms in total. The minimum atomic E-state index is -1.01. The molecule has 70 valence electrons. The highest BCUT2D eigenvalue weighted by Gasteiger charge is 2.04. The summed E-state index contributed by atoms with van der Waals surface area (Å²) in [6.07, 6.45) is 0. The topological polar surface area (TPSA) is 46.5 Å². The molecule has 0 spiro atoms. The molecule has 0 aliphatic rings. The van der Waals surface area contributed by atoms with Gasteiger partial charge in [-0.25, -0.2) is 4.79 Å². The van der Waals surface area contributed by atoms with E-state index in [1.807, 2.05) is 0 Å². The Kier molecular flexibility index (Phi) is 3.92. The van der Waals surface area contributed by atoms with Crippen LogP contribution < -0.4 is 4.74 Å². The zero-order chi connectivity index (χ0) is 9.68. The summed E-state index contributed by atoms with van der Waals surface area (Å²) in [7, 11) is 6.54. The van der Waals surface area contributed by atoms with E-state index in [0.29, 0.717) is 10.6 Å². The molecule has 1 aromatic rings. The third-order valence-electron chi connectivity index (χ3n) is 1.28. The van der Waals surface area contributed by atoms with E-state index in [1.165, 1.54) is 0 Å². The van der Waals surface area contributed by atoms with Gasteiger partial charge in [0.1, 0.15) is 5.75 Å². The minimum absolute atomic E-state index is 0.353. The van der Waals surface area contributed by atoms with Crippen LogP contribution in [0.1, 0.15) is 0 Å². The summed E-state index contributed by atoms with van der Waals surface area (Å²) in [5.74, 6) is -0.515. The van der Waals surface area contributed by atoms with Crippen LogP contribution in [0.25, 0.3) is 0 Å². The first-order valence-corrected chi connectivity index (χ1v) is 5.10. The molecule has 0 fully saturated rings. The highest BCUT2D eigenvalue weighted by atomic mass is 35.7. The van der Waals surface area contributed by atoms with Gasteiger partial charge in [-0.1, -0.05) is 12.1 Å². The summed E-state index contributed by atoms with van der Waals surface area (Å²) in [5.41, 5.74) is 0. The van der Waals surface area contributed by atoms with Gasteiger partial charge >= 0.3 is 5.97 Å². The summed E-state index contributed by atoms with van der Waals surface area (Å²) in [6, 6.07) is 6.99. The van der Waals surface area contributed by atoms with E-state index in [0.717, 1.165) is 11.0 Å². The van der Waals surface area contributed by atoms with E-state index >= 15 is 0 Å². The summed E-state index contributed by atoms with van der Waals surface area (Å²) >= 11 is 0. The van der Waals surface area contributed by atoms with Crippen LogP contribution >= 0.6 is 21.7 Å². The van der Waals surface area contributed by atoms with Crippen molar-refractivity contribution in [3.8, 4) is 5.75 Å². The molecule has 0 amide bonds. The molecule has 5 heteroatoms. The lowest BCUT2D eigenvalue weighted by atomic mass is 10.3. The molecule has 0 aliphatic carbocycles. The Balaban J connectivity index is 2.69. The molecule has 0 radical (unpaired) electrons. The van der Waals surface area contributed by atoms with Crippen LogP contribution in [0.5, 0.6) is 5.75 Å². The zero-order valence-electron chi connectivity index (χ0n) is 6.57. The predicted molar refractivity (Wildman–Crippen MR) is 51.3 cm³/mol. The molecule has 1 N–H and O–H groups in total.